The van der Waals surface area contributed by atoms with Crippen LogP contribution < -0.4 is 4.90 Å². The second-order valence-electron chi connectivity index (χ2n) is 4.14. The quantitative estimate of drug-likeness (QED) is 0.853. The van der Waals surface area contributed by atoms with Crippen LogP contribution in [0.4, 0.5) is 5.95 Å². The second-order valence-corrected chi connectivity index (χ2v) is 5.05. The van der Waals surface area contributed by atoms with Crippen LogP contribution in [-0.2, 0) is 4.74 Å². The molecule has 0 aromatic carbocycles. The summed E-state index contributed by atoms with van der Waals surface area (Å²) in [6.07, 6.45) is 5.84. The smallest absolute Gasteiger partial charge is 0.225 e. The molecule has 1 aromatic rings. The highest BCUT2D eigenvalue weighted by Gasteiger charge is 2.16. The van der Waals surface area contributed by atoms with Crippen LogP contribution in [0.15, 0.2) is 16.9 Å². The van der Waals surface area contributed by atoms with Crippen molar-refractivity contribution in [3.05, 3.63) is 16.9 Å². The van der Waals surface area contributed by atoms with E-state index in [0.717, 1.165) is 43.0 Å². The Morgan fingerprint density at radius 1 is 1.38 bits per heavy atom. The largest absolute Gasteiger partial charge is 0.381 e. The SMILES string of the molecule is CN(CC1CCOCC1)c1ncc(Br)cn1. The first kappa shape index (κ1) is 11.8. The third kappa shape index (κ3) is 3.15. The maximum absolute atomic E-state index is 5.35. The van der Waals surface area contributed by atoms with Gasteiger partial charge in [0.05, 0.1) is 4.47 Å². The molecule has 16 heavy (non-hydrogen) atoms. The average Bonchev–Trinajstić information content (AvgIpc) is 2.31. The van der Waals surface area contributed by atoms with Crippen molar-refractivity contribution in [2.45, 2.75) is 12.8 Å². The monoisotopic (exact) mass is 285 g/mol. The molecule has 0 N–H and O–H groups in total. The molecule has 1 aliphatic rings. The number of nitrogens with zero attached hydrogens (tertiary/aromatic N) is 3. The lowest BCUT2D eigenvalue weighted by Gasteiger charge is -2.27. The van der Waals surface area contributed by atoms with Gasteiger partial charge in [0.25, 0.3) is 0 Å². The predicted molar refractivity (Wildman–Crippen MR) is 66.5 cm³/mol. The molecular weight excluding hydrogens is 270 g/mol. The molecule has 0 bridgehead atoms. The Balaban J connectivity index is 1.91. The van der Waals surface area contributed by atoms with Crippen LogP contribution in [0.3, 0.4) is 0 Å². The molecule has 0 spiro atoms. The van der Waals surface area contributed by atoms with Gasteiger partial charge in [-0.15, -0.1) is 0 Å². The molecule has 1 saturated heterocycles. The zero-order valence-corrected chi connectivity index (χ0v) is 11.0. The lowest BCUT2D eigenvalue weighted by molar-refractivity contribution is 0.0684. The summed E-state index contributed by atoms with van der Waals surface area (Å²) in [7, 11) is 2.04. The fourth-order valence-electron chi connectivity index (χ4n) is 1.90. The molecule has 88 valence electrons. The predicted octanol–water partition coefficient (Wildman–Crippen LogP) is 2.10. The number of anilines is 1. The summed E-state index contributed by atoms with van der Waals surface area (Å²) in [5.41, 5.74) is 0. The van der Waals surface area contributed by atoms with Crippen LogP contribution in [0.25, 0.3) is 0 Å². The van der Waals surface area contributed by atoms with Gasteiger partial charge in [-0.2, -0.15) is 0 Å². The standard InChI is InChI=1S/C11H16BrN3O/c1-15(8-9-2-4-16-5-3-9)11-13-6-10(12)7-14-11/h6-7,9H,2-5,8H2,1H3. The van der Waals surface area contributed by atoms with Gasteiger partial charge in [-0.05, 0) is 34.7 Å². The van der Waals surface area contributed by atoms with E-state index in [-0.39, 0.29) is 0 Å². The van der Waals surface area contributed by atoms with Gasteiger partial charge >= 0.3 is 0 Å². The zero-order chi connectivity index (χ0) is 11.4. The second kappa shape index (κ2) is 5.59. The van der Waals surface area contributed by atoms with Crippen molar-refractivity contribution in [2.75, 3.05) is 31.7 Å². The van der Waals surface area contributed by atoms with E-state index in [1.165, 1.54) is 0 Å². The van der Waals surface area contributed by atoms with Crippen molar-refractivity contribution in [2.24, 2.45) is 5.92 Å². The Morgan fingerprint density at radius 2 is 2.00 bits per heavy atom. The molecule has 0 aliphatic carbocycles. The van der Waals surface area contributed by atoms with Gasteiger partial charge in [-0.1, -0.05) is 0 Å². The Labute approximate surface area is 104 Å². The number of hydrogen-bond donors (Lipinski definition) is 0. The van der Waals surface area contributed by atoms with Gasteiger partial charge in [-0.3, -0.25) is 0 Å². The molecule has 4 nitrogen and oxygen atoms in total. The summed E-state index contributed by atoms with van der Waals surface area (Å²) in [6.45, 7) is 2.78. The molecular formula is C11H16BrN3O. The van der Waals surface area contributed by atoms with E-state index in [4.69, 9.17) is 4.74 Å². The van der Waals surface area contributed by atoms with Gasteiger partial charge < -0.3 is 9.64 Å². The highest BCUT2D eigenvalue weighted by molar-refractivity contribution is 9.10. The molecule has 2 rings (SSSR count). The van der Waals surface area contributed by atoms with Crippen LogP contribution in [0.5, 0.6) is 0 Å². The Bertz CT molecular complexity index is 325. The molecule has 1 aromatic heterocycles. The van der Waals surface area contributed by atoms with E-state index in [1.54, 1.807) is 12.4 Å². The summed E-state index contributed by atoms with van der Waals surface area (Å²) >= 11 is 3.33. The number of aromatic nitrogens is 2. The number of rotatable bonds is 3. The normalized spacial score (nSPS) is 17.4. The average molecular weight is 286 g/mol. The van der Waals surface area contributed by atoms with Crippen LogP contribution in [0, 0.1) is 5.92 Å². The van der Waals surface area contributed by atoms with Crippen LogP contribution in [0.2, 0.25) is 0 Å². The first-order valence-corrected chi connectivity index (χ1v) is 6.31. The Morgan fingerprint density at radius 3 is 2.62 bits per heavy atom. The van der Waals surface area contributed by atoms with Crippen molar-refractivity contribution < 1.29 is 4.74 Å². The van der Waals surface area contributed by atoms with Gasteiger partial charge in [0.2, 0.25) is 5.95 Å². The minimum Gasteiger partial charge on any atom is -0.381 e. The third-order valence-electron chi connectivity index (χ3n) is 2.82. The third-order valence-corrected chi connectivity index (χ3v) is 3.23. The molecule has 1 aliphatic heterocycles. The van der Waals surface area contributed by atoms with Gasteiger partial charge in [-0.25, -0.2) is 9.97 Å². The van der Waals surface area contributed by atoms with Gasteiger partial charge in [0, 0.05) is 39.2 Å². The molecule has 0 atom stereocenters. The highest BCUT2D eigenvalue weighted by atomic mass is 79.9. The minimum absolute atomic E-state index is 0.700. The van der Waals surface area contributed by atoms with Crippen LogP contribution in [-0.4, -0.2) is 36.8 Å². The molecule has 0 saturated carbocycles. The summed E-state index contributed by atoms with van der Waals surface area (Å²) in [5, 5.41) is 0. The molecule has 0 amide bonds. The van der Waals surface area contributed by atoms with E-state index >= 15 is 0 Å². The minimum atomic E-state index is 0.700. The topological polar surface area (TPSA) is 38.2 Å². The summed E-state index contributed by atoms with van der Waals surface area (Å²) in [6, 6.07) is 0. The van der Waals surface area contributed by atoms with Gasteiger partial charge in [0.15, 0.2) is 0 Å². The molecule has 5 heteroatoms. The number of hydrogen-bond acceptors (Lipinski definition) is 4. The van der Waals surface area contributed by atoms with E-state index in [2.05, 4.69) is 30.8 Å². The number of ether oxygens (including phenoxy) is 1. The van der Waals surface area contributed by atoms with Crippen molar-refractivity contribution >= 4 is 21.9 Å². The van der Waals surface area contributed by atoms with Gasteiger partial charge in [0.1, 0.15) is 0 Å². The number of halogens is 1. The molecule has 0 unspecified atom stereocenters. The maximum Gasteiger partial charge on any atom is 0.225 e. The summed E-state index contributed by atoms with van der Waals surface area (Å²) in [5.74, 6) is 1.49. The lowest BCUT2D eigenvalue weighted by Crippen LogP contribution is -2.30. The van der Waals surface area contributed by atoms with Crippen LogP contribution >= 0.6 is 15.9 Å². The first-order valence-electron chi connectivity index (χ1n) is 5.52. The fraction of sp³-hybridized carbons (Fsp3) is 0.636. The van der Waals surface area contributed by atoms with Crippen molar-refractivity contribution in [1.82, 2.24) is 9.97 Å². The zero-order valence-electron chi connectivity index (χ0n) is 9.40. The first-order chi connectivity index (χ1) is 7.75. The van der Waals surface area contributed by atoms with E-state index < -0.39 is 0 Å². The fourth-order valence-corrected chi connectivity index (χ4v) is 2.11. The van der Waals surface area contributed by atoms with E-state index in [0.29, 0.717) is 5.92 Å². The van der Waals surface area contributed by atoms with Crippen molar-refractivity contribution in [1.29, 1.82) is 0 Å². The molecule has 1 fully saturated rings. The Hall–Kier alpha value is -0.680. The van der Waals surface area contributed by atoms with E-state index in [1.807, 2.05) is 7.05 Å². The lowest BCUT2D eigenvalue weighted by atomic mass is 10.0. The summed E-state index contributed by atoms with van der Waals surface area (Å²) < 4.78 is 6.26. The van der Waals surface area contributed by atoms with E-state index in [9.17, 15) is 0 Å². The van der Waals surface area contributed by atoms with Crippen molar-refractivity contribution in [3.8, 4) is 0 Å². The Kier molecular flexibility index (Phi) is 4.12. The molecule has 2 heterocycles. The molecule has 0 radical (unpaired) electrons. The van der Waals surface area contributed by atoms with Crippen LogP contribution in [0.1, 0.15) is 12.8 Å². The summed E-state index contributed by atoms with van der Waals surface area (Å²) in [4.78, 5) is 10.7. The van der Waals surface area contributed by atoms with Crippen molar-refractivity contribution in [3.63, 3.8) is 0 Å². The maximum atomic E-state index is 5.35. The highest BCUT2D eigenvalue weighted by Crippen LogP contribution is 2.18.